The van der Waals surface area contributed by atoms with E-state index in [-0.39, 0.29) is 11.8 Å². The minimum absolute atomic E-state index is 0.0877. The third kappa shape index (κ3) is 2.86. The summed E-state index contributed by atoms with van der Waals surface area (Å²) < 4.78 is 5.43. The Morgan fingerprint density at radius 1 is 1.56 bits per heavy atom. The first kappa shape index (κ1) is 12.3. The third-order valence-corrected chi connectivity index (χ3v) is 2.31. The van der Waals surface area contributed by atoms with Gasteiger partial charge in [-0.3, -0.25) is 4.79 Å². The van der Waals surface area contributed by atoms with Gasteiger partial charge in [-0.1, -0.05) is 0 Å². The molecule has 1 heterocycles. The van der Waals surface area contributed by atoms with E-state index in [4.69, 9.17) is 9.68 Å². The highest BCUT2D eigenvalue weighted by Gasteiger charge is 2.15. The summed E-state index contributed by atoms with van der Waals surface area (Å²) in [4.78, 5) is 13.1. The summed E-state index contributed by atoms with van der Waals surface area (Å²) in [5.41, 5.74) is 0. The van der Waals surface area contributed by atoms with Crippen LogP contribution < -0.4 is 4.90 Å². The second-order valence-electron chi connectivity index (χ2n) is 3.89. The Morgan fingerprint density at radius 3 is 2.69 bits per heavy atom. The van der Waals surface area contributed by atoms with Gasteiger partial charge in [-0.25, -0.2) is 0 Å². The molecule has 4 nitrogen and oxygen atoms in total. The number of furan rings is 1. The average molecular weight is 220 g/mol. The molecule has 0 aliphatic heterocycles. The number of carbonyl (C=O) groups is 1. The van der Waals surface area contributed by atoms with Crippen LogP contribution in [0.25, 0.3) is 0 Å². The van der Waals surface area contributed by atoms with Crippen molar-refractivity contribution < 1.29 is 9.21 Å². The van der Waals surface area contributed by atoms with E-state index in [2.05, 4.69) is 6.07 Å². The quantitative estimate of drug-likeness (QED) is 0.716. The van der Waals surface area contributed by atoms with Crippen LogP contribution in [-0.4, -0.2) is 18.4 Å². The minimum atomic E-state index is -0.0877. The smallest absolute Gasteiger partial charge is 0.196 e. The molecule has 0 N–H and O–H groups in total. The topological polar surface area (TPSA) is 57.2 Å². The van der Waals surface area contributed by atoms with Crippen LogP contribution in [0, 0.1) is 11.3 Å². The Hall–Kier alpha value is -1.76. The van der Waals surface area contributed by atoms with Crippen molar-refractivity contribution in [1.82, 2.24) is 0 Å². The molecule has 0 saturated carbocycles. The fourth-order valence-electron chi connectivity index (χ4n) is 1.46. The van der Waals surface area contributed by atoms with Gasteiger partial charge in [0.05, 0.1) is 12.5 Å². The zero-order valence-corrected chi connectivity index (χ0v) is 9.86. The Kier molecular flexibility index (Phi) is 4.12. The monoisotopic (exact) mass is 220 g/mol. The maximum atomic E-state index is 11.1. The summed E-state index contributed by atoms with van der Waals surface area (Å²) in [5.74, 6) is 0.920. The summed E-state index contributed by atoms with van der Waals surface area (Å²) >= 11 is 0. The van der Waals surface area contributed by atoms with E-state index in [0.29, 0.717) is 24.6 Å². The van der Waals surface area contributed by atoms with E-state index in [1.807, 2.05) is 18.7 Å². The molecule has 0 fully saturated rings. The molecule has 0 aliphatic carbocycles. The summed E-state index contributed by atoms with van der Waals surface area (Å²) in [6.07, 6.45) is 0.439. The summed E-state index contributed by atoms with van der Waals surface area (Å²) in [7, 11) is 0. The van der Waals surface area contributed by atoms with Crippen LogP contribution in [0.1, 0.15) is 37.7 Å². The number of Topliss-reactive ketones (excluding diaryl/α,β-unsaturated/α-hetero) is 1. The summed E-state index contributed by atoms with van der Waals surface area (Å²) in [6.45, 7) is 6.12. The molecule has 0 unspecified atom stereocenters. The van der Waals surface area contributed by atoms with E-state index in [9.17, 15) is 4.79 Å². The maximum absolute atomic E-state index is 11.1. The first-order chi connectivity index (χ1) is 7.56. The van der Waals surface area contributed by atoms with Crippen LogP contribution in [0.15, 0.2) is 16.5 Å². The second kappa shape index (κ2) is 5.36. The Morgan fingerprint density at radius 2 is 2.25 bits per heavy atom. The van der Waals surface area contributed by atoms with Gasteiger partial charge >= 0.3 is 0 Å². The van der Waals surface area contributed by atoms with Crippen LogP contribution in [0.5, 0.6) is 0 Å². The zero-order valence-electron chi connectivity index (χ0n) is 9.86. The fraction of sp³-hybridized carbons (Fsp3) is 0.500. The predicted octanol–water partition coefficient (Wildman–Crippen LogP) is 2.61. The molecular formula is C12H16N2O2. The first-order valence-electron chi connectivity index (χ1n) is 5.30. The lowest BCUT2D eigenvalue weighted by atomic mass is 10.3. The van der Waals surface area contributed by atoms with Crippen LogP contribution in [0.4, 0.5) is 5.88 Å². The van der Waals surface area contributed by atoms with Crippen LogP contribution in [0.2, 0.25) is 0 Å². The fourth-order valence-corrected chi connectivity index (χ4v) is 1.46. The molecule has 0 aliphatic rings. The lowest BCUT2D eigenvalue weighted by Gasteiger charge is -2.24. The van der Waals surface area contributed by atoms with E-state index in [1.54, 1.807) is 12.1 Å². The van der Waals surface area contributed by atoms with E-state index in [1.165, 1.54) is 6.92 Å². The van der Waals surface area contributed by atoms with Gasteiger partial charge in [-0.15, -0.1) is 0 Å². The van der Waals surface area contributed by atoms with Crippen molar-refractivity contribution in [3.63, 3.8) is 0 Å². The summed E-state index contributed by atoms with van der Waals surface area (Å²) in [5, 5.41) is 8.58. The molecule has 16 heavy (non-hydrogen) atoms. The van der Waals surface area contributed by atoms with Crippen molar-refractivity contribution in [2.24, 2.45) is 0 Å². The maximum Gasteiger partial charge on any atom is 0.196 e. The highest BCUT2D eigenvalue weighted by atomic mass is 16.4. The third-order valence-electron chi connectivity index (χ3n) is 2.31. The number of anilines is 1. The number of rotatable bonds is 5. The Labute approximate surface area is 95.5 Å². The highest BCUT2D eigenvalue weighted by Crippen LogP contribution is 2.21. The van der Waals surface area contributed by atoms with Gasteiger partial charge in [0, 0.05) is 25.6 Å². The molecule has 4 heteroatoms. The molecule has 1 aromatic heterocycles. The van der Waals surface area contributed by atoms with Gasteiger partial charge < -0.3 is 9.32 Å². The van der Waals surface area contributed by atoms with Crippen molar-refractivity contribution in [2.45, 2.75) is 33.2 Å². The lowest BCUT2D eigenvalue weighted by Crippen LogP contribution is -2.31. The van der Waals surface area contributed by atoms with Gasteiger partial charge in [0.25, 0.3) is 0 Å². The number of hydrogen-bond acceptors (Lipinski definition) is 4. The second-order valence-corrected chi connectivity index (χ2v) is 3.89. The van der Waals surface area contributed by atoms with Crippen molar-refractivity contribution >= 4 is 11.7 Å². The normalized spacial score (nSPS) is 10.2. The van der Waals surface area contributed by atoms with E-state index < -0.39 is 0 Å². The van der Waals surface area contributed by atoms with Gasteiger partial charge in [-0.05, 0) is 19.9 Å². The van der Waals surface area contributed by atoms with Crippen molar-refractivity contribution in [2.75, 3.05) is 11.4 Å². The van der Waals surface area contributed by atoms with Gasteiger partial charge in [-0.2, -0.15) is 5.26 Å². The minimum Gasteiger partial charge on any atom is -0.437 e. The molecule has 0 spiro atoms. The number of hydrogen-bond donors (Lipinski definition) is 0. The molecule has 0 bridgehead atoms. The van der Waals surface area contributed by atoms with Crippen LogP contribution in [0.3, 0.4) is 0 Å². The Balaban J connectivity index is 2.85. The Bertz CT molecular complexity index is 401. The molecule has 0 saturated heterocycles. The molecule has 0 radical (unpaired) electrons. The van der Waals surface area contributed by atoms with Gasteiger partial charge in [0.1, 0.15) is 0 Å². The first-order valence-corrected chi connectivity index (χ1v) is 5.30. The molecule has 1 aromatic rings. The highest BCUT2D eigenvalue weighted by molar-refractivity contribution is 5.91. The van der Waals surface area contributed by atoms with E-state index in [0.717, 1.165) is 0 Å². The standard InChI is InChI=1S/C12H16N2O2/c1-9(2)14(8-4-7-13)12-6-5-11(16-12)10(3)15/h5-6,9H,4,8H2,1-3H3. The lowest BCUT2D eigenvalue weighted by molar-refractivity contribution is 0.0987. The van der Waals surface area contributed by atoms with Crippen molar-refractivity contribution in [1.29, 1.82) is 5.26 Å². The number of nitriles is 1. The van der Waals surface area contributed by atoms with Crippen LogP contribution >= 0.6 is 0 Å². The zero-order chi connectivity index (χ0) is 12.1. The van der Waals surface area contributed by atoms with Gasteiger partial charge in [0.15, 0.2) is 17.4 Å². The molecular weight excluding hydrogens is 204 g/mol. The number of nitrogens with zero attached hydrogens (tertiary/aromatic N) is 2. The number of carbonyl (C=O) groups excluding carboxylic acids is 1. The van der Waals surface area contributed by atoms with E-state index >= 15 is 0 Å². The molecule has 0 amide bonds. The SMILES string of the molecule is CC(=O)c1ccc(N(CCC#N)C(C)C)o1. The number of ketones is 1. The molecule has 0 aromatic carbocycles. The predicted molar refractivity (Wildman–Crippen MR) is 61.4 cm³/mol. The molecule has 1 rings (SSSR count). The molecule has 86 valence electrons. The molecule has 0 atom stereocenters. The van der Waals surface area contributed by atoms with Crippen LogP contribution in [-0.2, 0) is 0 Å². The largest absolute Gasteiger partial charge is 0.437 e. The average Bonchev–Trinajstić information content (AvgIpc) is 2.67. The summed E-state index contributed by atoms with van der Waals surface area (Å²) in [6, 6.07) is 5.78. The van der Waals surface area contributed by atoms with Crippen molar-refractivity contribution in [3.05, 3.63) is 17.9 Å². The van der Waals surface area contributed by atoms with Gasteiger partial charge in [0.2, 0.25) is 0 Å². The van der Waals surface area contributed by atoms with Crippen molar-refractivity contribution in [3.8, 4) is 6.07 Å².